The van der Waals surface area contributed by atoms with Gasteiger partial charge in [-0.15, -0.1) is 0 Å². The van der Waals surface area contributed by atoms with E-state index in [2.05, 4.69) is 0 Å². The highest BCUT2D eigenvalue weighted by atomic mass is 19.2. The van der Waals surface area contributed by atoms with Crippen LogP contribution in [0.5, 0.6) is 0 Å². The summed E-state index contributed by atoms with van der Waals surface area (Å²) >= 11 is 0. The molecule has 1 aromatic carbocycles. The second kappa shape index (κ2) is 6.44. The van der Waals surface area contributed by atoms with Crippen molar-refractivity contribution in [3.05, 3.63) is 35.4 Å². The van der Waals surface area contributed by atoms with E-state index >= 15 is 0 Å². The number of likely N-dealkylation sites (N-methyl/N-ethyl adjacent to an activating group) is 1. The van der Waals surface area contributed by atoms with Crippen LogP contribution in [-0.2, 0) is 11.2 Å². The van der Waals surface area contributed by atoms with Crippen molar-refractivity contribution < 1.29 is 13.6 Å². The van der Waals surface area contributed by atoms with Crippen LogP contribution in [0.4, 0.5) is 8.78 Å². The van der Waals surface area contributed by atoms with Gasteiger partial charge in [0.05, 0.1) is 6.42 Å². The van der Waals surface area contributed by atoms with E-state index in [0.29, 0.717) is 18.7 Å². The van der Waals surface area contributed by atoms with E-state index in [9.17, 15) is 13.6 Å². The van der Waals surface area contributed by atoms with E-state index in [-0.39, 0.29) is 18.2 Å². The van der Waals surface area contributed by atoms with Crippen molar-refractivity contribution in [1.29, 1.82) is 0 Å². The number of nitrogens with two attached hydrogens (primary N) is 1. The van der Waals surface area contributed by atoms with Gasteiger partial charge in [0.15, 0.2) is 11.6 Å². The Balaban J connectivity index is 2.61. The van der Waals surface area contributed by atoms with Crippen LogP contribution in [0.2, 0.25) is 0 Å². The molecule has 0 aliphatic heterocycles. The van der Waals surface area contributed by atoms with Gasteiger partial charge in [-0.3, -0.25) is 4.79 Å². The Morgan fingerprint density at radius 3 is 2.61 bits per heavy atom. The molecule has 0 aromatic heterocycles. The van der Waals surface area contributed by atoms with Gasteiger partial charge in [0.2, 0.25) is 5.91 Å². The monoisotopic (exact) mass is 256 g/mol. The third-order valence-electron chi connectivity index (χ3n) is 2.75. The van der Waals surface area contributed by atoms with Gasteiger partial charge < -0.3 is 10.6 Å². The minimum Gasteiger partial charge on any atom is -0.345 e. The number of benzene rings is 1. The fourth-order valence-corrected chi connectivity index (χ4v) is 1.60. The number of hydrogen-bond donors (Lipinski definition) is 1. The van der Waals surface area contributed by atoms with E-state index in [1.165, 1.54) is 6.07 Å². The van der Waals surface area contributed by atoms with E-state index < -0.39 is 11.6 Å². The first kappa shape index (κ1) is 14.6. The van der Waals surface area contributed by atoms with Crippen LogP contribution in [0.25, 0.3) is 0 Å². The lowest BCUT2D eigenvalue weighted by molar-refractivity contribution is -0.129. The molecule has 0 heterocycles. The van der Waals surface area contributed by atoms with Gasteiger partial charge in [-0.25, -0.2) is 8.78 Å². The van der Waals surface area contributed by atoms with Gasteiger partial charge in [-0.2, -0.15) is 0 Å². The zero-order valence-corrected chi connectivity index (χ0v) is 10.6. The van der Waals surface area contributed by atoms with Crippen molar-refractivity contribution in [2.75, 3.05) is 20.1 Å². The molecule has 0 aliphatic rings. The molecule has 3 nitrogen and oxygen atoms in total. The maximum Gasteiger partial charge on any atom is 0.226 e. The fraction of sp³-hybridized carbons (Fsp3) is 0.462. The third kappa shape index (κ3) is 4.07. The summed E-state index contributed by atoms with van der Waals surface area (Å²) in [5, 5.41) is 0. The van der Waals surface area contributed by atoms with Gasteiger partial charge in [-0.1, -0.05) is 13.0 Å². The third-order valence-corrected chi connectivity index (χ3v) is 2.75. The van der Waals surface area contributed by atoms with Gasteiger partial charge in [0.25, 0.3) is 0 Å². The minimum atomic E-state index is -0.932. The molecule has 0 spiro atoms. The molecular weight excluding hydrogens is 238 g/mol. The predicted octanol–water partition coefficient (Wildman–Crippen LogP) is 1.56. The molecule has 5 heteroatoms. The highest BCUT2D eigenvalue weighted by molar-refractivity contribution is 5.78. The molecule has 100 valence electrons. The molecule has 0 fully saturated rings. The quantitative estimate of drug-likeness (QED) is 0.869. The summed E-state index contributed by atoms with van der Waals surface area (Å²) < 4.78 is 25.7. The van der Waals surface area contributed by atoms with Crippen LogP contribution in [0.3, 0.4) is 0 Å². The molecule has 0 bridgehead atoms. The summed E-state index contributed by atoms with van der Waals surface area (Å²) in [5.41, 5.74) is 5.94. The largest absolute Gasteiger partial charge is 0.345 e. The van der Waals surface area contributed by atoms with E-state index in [0.717, 1.165) is 12.1 Å². The van der Waals surface area contributed by atoms with Gasteiger partial charge >= 0.3 is 0 Å². The molecular formula is C13H18F2N2O. The van der Waals surface area contributed by atoms with Crippen LogP contribution >= 0.6 is 0 Å². The Morgan fingerprint density at radius 1 is 1.39 bits per heavy atom. The molecule has 1 rings (SSSR count). The second-order valence-electron chi connectivity index (χ2n) is 4.54. The summed E-state index contributed by atoms with van der Waals surface area (Å²) in [6, 6.07) is 3.49. The molecule has 18 heavy (non-hydrogen) atoms. The van der Waals surface area contributed by atoms with E-state index in [4.69, 9.17) is 5.73 Å². The van der Waals surface area contributed by atoms with Gasteiger partial charge in [0.1, 0.15) is 0 Å². The predicted molar refractivity (Wildman–Crippen MR) is 65.9 cm³/mol. The molecule has 1 atom stereocenters. The van der Waals surface area contributed by atoms with Crippen LogP contribution in [0.1, 0.15) is 12.5 Å². The van der Waals surface area contributed by atoms with Crippen molar-refractivity contribution in [3.63, 3.8) is 0 Å². The summed E-state index contributed by atoms with van der Waals surface area (Å²) in [6.07, 6.45) is 0.0605. The molecule has 1 aromatic rings. The standard InChI is InChI=1S/C13H18F2N2O/c1-9(7-16)8-17(2)13(18)6-10-3-4-11(14)12(15)5-10/h3-5,9H,6-8,16H2,1-2H3. The van der Waals surface area contributed by atoms with Crippen molar-refractivity contribution in [3.8, 4) is 0 Å². The lowest BCUT2D eigenvalue weighted by atomic mass is 10.1. The summed E-state index contributed by atoms with van der Waals surface area (Å²) in [4.78, 5) is 13.4. The van der Waals surface area contributed by atoms with Gasteiger partial charge in [-0.05, 0) is 30.2 Å². The first-order valence-electron chi connectivity index (χ1n) is 5.82. The number of carbonyl (C=O) groups is 1. The molecule has 0 saturated carbocycles. The number of rotatable bonds is 5. The smallest absolute Gasteiger partial charge is 0.226 e. The first-order chi connectivity index (χ1) is 8.43. The number of hydrogen-bond acceptors (Lipinski definition) is 2. The highest BCUT2D eigenvalue weighted by Crippen LogP contribution is 2.10. The van der Waals surface area contributed by atoms with Crippen molar-refractivity contribution in [2.45, 2.75) is 13.3 Å². The summed E-state index contributed by atoms with van der Waals surface area (Å²) in [7, 11) is 1.67. The number of amides is 1. The Hall–Kier alpha value is -1.49. The average Bonchev–Trinajstić information content (AvgIpc) is 2.33. The lowest BCUT2D eigenvalue weighted by Crippen LogP contribution is -2.34. The van der Waals surface area contributed by atoms with Crippen LogP contribution in [0, 0.1) is 17.6 Å². The molecule has 1 unspecified atom stereocenters. The molecule has 0 aliphatic carbocycles. The van der Waals surface area contributed by atoms with Crippen molar-refractivity contribution >= 4 is 5.91 Å². The van der Waals surface area contributed by atoms with Crippen LogP contribution < -0.4 is 5.73 Å². The molecule has 2 N–H and O–H groups in total. The summed E-state index contributed by atoms with van der Waals surface area (Å²) in [5.74, 6) is -1.76. The Bertz CT molecular complexity index is 423. The van der Waals surface area contributed by atoms with Crippen molar-refractivity contribution in [1.82, 2.24) is 4.90 Å². The molecule has 0 saturated heterocycles. The zero-order valence-electron chi connectivity index (χ0n) is 10.6. The summed E-state index contributed by atoms with van der Waals surface area (Å²) in [6.45, 7) is 3.00. The van der Waals surface area contributed by atoms with E-state index in [1.54, 1.807) is 11.9 Å². The number of nitrogens with zero attached hydrogens (tertiary/aromatic N) is 1. The second-order valence-corrected chi connectivity index (χ2v) is 4.54. The maximum atomic E-state index is 13.0. The highest BCUT2D eigenvalue weighted by Gasteiger charge is 2.13. The van der Waals surface area contributed by atoms with Crippen LogP contribution in [0.15, 0.2) is 18.2 Å². The first-order valence-corrected chi connectivity index (χ1v) is 5.82. The fourth-order valence-electron chi connectivity index (χ4n) is 1.60. The SMILES string of the molecule is CC(CN)CN(C)C(=O)Cc1ccc(F)c(F)c1. The Morgan fingerprint density at radius 2 is 2.06 bits per heavy atom. The Kier molecular flexibility index (Phi) is 5.22. The average molecular weight is 256 g/mol. The van der Waals surface area contributed by atoms with E-state index in [1.807, 2.05) is 6.92 Å². The number of carbonyl (C=O) groups excluding carboxylic acids is 1. The molecule has 1 amide bonds. The number of halogens is 2. The van der Waals surface area contributed by atoms with Crippen molar-refractivity contribution in [2.24, 2.45) is 11.7 Å². The Labute approximate surface area is 106 Å². The zero-order chi connectivity index (χ0) is 13.7. The minimum absolute atomic E-state index is 0.0605. The normalized spacial score (nSPS) is 12.3. The van der Waals surface area contributed by atoms with Crippen LogP contribution in [-0.4, -0.2) is 30.9 Å². The van der Waals surface area contributed by atoms with Gasteiger partial charge in [0, 0.05) is 13.6 Å². The lowest BCUT2D eigenvalue weighted by Gasteiger charge is -2.20. The topological polar surface area (TPSA) is 46.3 Å². The maximum absolute atomic E-state index is 13.0. The molecule has 0 radical (unpaired) electrons.